The summed E-state index contributed by atoms with van der Waals surface area (Å²) < 4.78 is 24.7. The second-order valence-electron chi connectivity index (χ2n) is 7.31. The molecule has 2 fully saturated rings. The molecule has 2 N–H and O–H groups in total. The first-order valence-corrected chi connectivity index (χ1v) is 9.40. The van der Waals surface area contributed by atoms with Gasteiger partial charge in [-0.2, -0.15) is 0 Å². The number of amides is 3. The second-order valence-corrected chi connectivity index (χ2v) is 7.31. The fourth-order valence-electron chi connectivity index (χ4n) is 3.58. The van der Waals surface area contributed by atoms with E-state index >= 15 is 0 Å². The molecular formula is C19H25FN4O5. The number of carbonyl (C=O) groups excluding carboxylic acids is 3. The predicted octanol–water partition coefficient (Wildman–Crippen LogP) is 1.47. The average Bonchev–Trinajstić information content (AvgIpc) is 3.22. The summed E-state index contributed by atoms with van der Waals surface area (Å²) in [6.07, 6.45) is -1.58. The van der Waals surface area contributed by atoms with Gasteiger partial charge in [-0.3, -0.25) is 9.69 Å². The van der Waals surface area contributed by atoms with Crippen LogP contribution in [-0.4, -0.2) is 63.5 Å². The van der Waals surface area contributed by atoms with Crippen LogP contribution < -0.4 is 20.4 Å². The zero-order valence-corrected chi connectivity index (χ0v) is 16.6. The Morgan fingerprint density at radius 1 is 1.31 bits per heavy atom. The molecule has 3 amide bonds. The van der Waals surface area contributed by atoms with Gasteiger partial charge in [-0.15, -0.1) is 0 Å². The summed E-state index contributed by atoms with van der Waals surface area (Å²) in [5.41, 5.74) is 0.787. The Balaban J connectivity index is 1.67. The quantitative estimate of drug-likeness (QED) is 0.765. The van der Waals surface area contributed by atoms with Crippen LogP contribution in [0, 0.1) is 11.7 Å². The lowest BCUT2D eigenvalue weighted by atomic mass is 10.1. The van der Waals surface area contributed by atoms with Gasteiger partial charge in [0.15, 0.2) is 0 Å². The molecule has 10 heteroatoms. The van der Waals surface area contributed by atoms with E-state index in [0.717, 1.165) is 0 Å². The molecule has 2 heterocycles. The predicted molar refractivity (Wildman–Crippen MR) is 103 cm³/mol. The van der Waals surface area contributed by atoms with Crippen LogP contribution in [0.4, 0.5) is 25.4 Å². The minimum atomic E-state index is -0.579. The molecule has 2 aliphatic rings. The maximum Gasteiger partial charge on any atom is 0.414 e. The van der Waals surface area contributed by atoms with Crippen molar-refractivity contribution in [2.24, 2.45) is 5.92 Å². The summed E-state index contributed by atoms with van der Waals surface area (Å²) in [5, 5.41) is 5.36. The lowest BCUT2D eigenvalue weighted by Crippen LogP contribution is -2.39. The molecule has 0 saturated carbocycles. The van der Waals surface area contributed by atoms with Gasteiger partial charge in [0.25, 0.3) is 0 Å². The van der Waals surface area contributed by atoms with E-state index < -0.39 is 24.1 Å². The Labute approximate surface area is 168 Å². The summed E-state index contributed by atoms with van der Waals surface area (Å²) in [6, 6.07) is 4.42. The van der Waals surface area contributed by atoms with Crippen LogP contribution in [-0.2, 0) is 14.3 Å². The Bertz CT molecular complexity index is 805. The van der Waals surface area contributed by atoms with Crippen molar-refractivity contribution in [3.05, 3.63) is 24.0 Å². The summed E-state index contributed by atoms with van der Waals surface area (Å²) >= 11 is 0. The van der Waals surface area contributed by atoms with Gasteiger partial charge in [-0.05, 0) is 24.1 Å². The third-order valence-electron chi connectivity index (χ3n) is 5.14. The third-order valence-corrected chi connectivity index (χ3v) is 5.14. The molecule has 3 atom stereocenters. The number of anilines is 2. The number of carbonyl (C=O) groups is 3. The Morgan fingerprint density at radius 3 is 2.72 bits per heavy atom. The number of nitrogens with zero attached hydrogens (tertiary/aromatic N) is 2. The molecule has 0 bridgehead atoms. The number of hydrogen-bond donors (Lipinski definition) is 2. The minimum absolute atomic E-state index is 0.122. The molecule has 0 spiro atoms. The van der Waals surface area contributed by atoms with Gasteiger partial charge in [0, 0.05) is 20.0 Å². The molecular weight excluding hydrogens is 383 g/mol. The molecule has 3 rings (SSSR count). The largest absolute Gasteiger partial charge is 0.453 e. The molecule has 158 valence electrons. The highest BCUT2D eigenvalue weighted by atomic mass is 19.1. The number of alkyl carbamates (subject to hydrolysis) is 1. The van der Waals surface area contributed by atoms with E-state index in [0.29, 0.717) is 24.5 Å². The van der Waals surface area contributed by atoms with Crippen LogP contribution >= 0.6 is 0 Å². The van der Waals surface area contributed by atoms with E-state index in [4.69, 9.17) is 4.74 Å². The van der Waals surface area contributed by atoms with Crippen molar-refractivity contribution in [3.8, 4) is 0 Å². The number of halogens is 1. The van der Waals surface area contributed by atoms with E-state index in [9.17, 15) is 18.8 Å². The molecule has 1 aromatic carbocycles. The van der Waals surface area contributed by atoms with E-state index in [-0.39, 0.29) is 31.0 Å². The van der Waals surface area contributed by atoms with Gasteiger partial charge >= 0.3 is 12.2 Å². The van der Waals surface area contributed by atoms with Crippen molar-refractivity contribution in [3.63, 3.8) is 0 Å². The number of ether oxygens (including phenoxy) is 2. The molecule has 0 unspecified atom stereocenters. The first-order valence-electron chi connectivity index (χ1n) is 9.40. The highest BCUT2D eigenvalue weighted by molar-refractivity contribution is 5.90. The molecule has 9 nitrogen and oxygen atoms in total. The van der Waals surface area contributed by atoms with E-state index in [2.05, 4.69) is 15.4 Å². The molecule has 2 saturated heterocycles. The van der Waals surface area contributed by atoms with Crippen LogP contribution in [0.2, 0.25) is 0 Å². The topological polar surface area (TPSA) is 100 Å². The molecule has 29 heavy (non-hydrogen) atoms. The fourth-order valence-corrected chi connectivity index (χ4v) is 3.58. The number of hydrogen-bond acceptors (Lipinski definition) is 6. The van der Waals surface area contributed by atoms with E-state index in [1.54, 1.807) is 12.1 Å². The summed E-state index contributed by atoms with van der Waals surface area (Å²) in [6.45, 7) is 4.82. The Hall–Kier alpha value is -3.04. The lowest BCUT2D eigenvalue weighted by molar-refractivity contribution is -0.119. The van der Waals surface area contributed by atoms with Crippen LogP contribution in [0.5, 0.6) is 0 Å². The SMILES string of the molecule is COC(=O)N[C@H]1CN(c2ccc(N3C[C@H](CNC(C)=O)OC3=O)cc2F)C[C@@H]1C. The zero-order chi connectivity index (χ0) is 21.1. The Morgan fingerprint density at radius 2 is 2.07 bits per heavy atom. The van der Waals surface area contributed by atoms with Crippen LogP contribution in [0.15, 0.2) is 18.2 Å². The van der Waals surface area contributed by atoms with Crippen LogP contribution in [0.1, 0.15) is 13.8 Å². The smallest absolute Gasteiger partial charge is 0.414 e. The first kappa shape index (κ1) is 20.7. The van der Waals surface area contributed by atoms with Gasteiger partial charge in [0.2, 0.25) is 5.91 Å². The highest BCUT2D eigenvalue weighted by Crippen LogP contribution is 2.31. The zero-order valence-electron chi connectivity index (χ0n) is 16.6. The number of rotatable bonds is 5. The van der Waals surface area contributed by atoms with Crippen molar-refractivity contribution >= 4 is 29.5 Å². The van der Waals surface area contributed by atoms with Crippen molar-refractivity contribution in [2.45, 2.75) is 26.0 Å². The van der Waals surface area contributed by atoms with Crippen LogP contribution in [0.25, 0.3) is 0 Å². The Kier molecular flexibility index (Phi) is 6.09. The van der Waals surface area contributed by atoms with Gasteiger partial charge in [0.1, 0.15) is 11.9 Å². The van der Waals surface area contributed by atoms with Crippen molar-refractivity contribution < 1.29 is 28.2 Å². The normalized spacial score (nSPS) is 23.7. The van der Waals surface area contributed by atoms with Crippen LogP contribution in [0.3, 0.4) is 0 Å². The average molecular weight is 408 g/mol. The standard InChI is InChI=1S/C19H25FN4O5/c1-11-8-23(10-16(11)22-18(26)28-3)17-5-4-13(6-15(17)20)24-9-14(29-19(24)27)7-21-12(2)25/h4-6,11,14,16H,7-10H2,1-3H3,(H,21,25)(H,22,26)/t11-,14-,16-/m0/s1. The number of benzene rings is 1. The lowest BCUT2D eigenvalue weighted by Gasteiger charge is -2.21. The third kappa shape index (κ3) is 4.69. The summed E-state index contributed by atoms with van der Waals surface area (Å²) in [4.78, 5) is 37.8. The molecule has 0 radical (unpaired) electrons. The van der Waals surface area contributed by atoms with E-state index in [1.807, 2.05) is 11.8 Å². The molecule has 2 aliphatic heterocycles. The van der Waals surface area contributed by atoms with E-state index in [1.165, 1.54) is 25.0 Å². The fraction of sp³-hybridized carbons (Fsp3) is 0.526. The molecule has 0 aliphatic carbocycles. The number of nitrogens with one attached hydrogen (secondary N) is 2. The highest BCUT2D eigenvalue weighted by Gasteiger charge is 2.35. The summed E-state index contributed by atoms with van der Waals surface area (Å²) in [5.74, 6) is -0.558. The number of methoxy groups -OCH3 is 1. The van der Waals surface area contributed by atoms with Crippen molar-refractivity contribution in [1.82, 2.24) is 10.6 Å². The minimum Gasteiger partial charge on any atom is -0.453 e. The van der Waals surface area contributed by atoms with Crippen molar-refractivity contribution in [2.75, 3.05) is 43.1 Å². The maximum absolute atomic E-state index is 14.8. The maximum atomic E-state index is 14.8. The molecule has 0 aromatic heterocycles. The number of cyclic esters (lactones) is 1. The van der Waals surface area contributed by atoms with Crippen molar-refractivity contribution in [1.29, 1.82) is 0 Å². The van der Waals surface area contributed by atoms with Gasteiger partial charge in [0.05, 0.1) is 37.6 Å². The van der Waals surface area contributed by atoms with Gasteiger partial charge < -0.3 is 25.0 Å². The van der Waals surface area contributed by atoms with Gasteiger partial charge in [-0.25, -0.2) is 14.0 Å². The second kappa shape index (κ2) is 8.54. The first-order chi connectivity index (χ1) is 13.8. The molecule has 1 aromatic rings. The summed E-state index contributed by atoms with van der Waals surface area (Å²) in [7, 11) is 1.30. The monoisotopic (exact) mass is 408 g/mol. The van der Waals surface area contributed by atoms with Gasteiger partial charge in [-0.1, -0.05) is 6.92 Å².